The SMILES string of the molecule is CC(C)c1nc(CN(C)C(=O)C=Cc2cnn(C)c2)cs1. The molecular formula is C15H20N4OS. The number of likely N-dealkylation sites (N-methyl/N-ethyl adjacent to an activating group) is 1. The normalized spacial score (nSPS) is 11.5. The zero-order valence-electron chi connectivity index (χ0n) is 12.8. The third-order valence-corrected chi connectivity index (χ3v) is 4.18. The molecule has 2 rings (SSSR count). The van der Waals surface area contributed by atoms with Gasteiger partial charge in [-0.1, -0.05) is 13.8 Å². The summed E-state index contributed by atoms with van der Waals surface area (Å²) in [6, 6.07) is 0. The van der Waals surface area contributed by atoms with Gasteiger partial charge in [0.05, 0.1) is 23.4 Å². The van der Waals surface area contributed by atoms with Crippen LogP contribution in [0.2, 0.25) is 0 Å². The van der Waals surface area contributed by atoms with Gasteiger partial charge in [0, 0.05) is 43.2 Å². The molecule has 0 N–H and O–H groups in total. The van der Waals surface area contributed by atoms with Gasteiger partial charge in [-0.2, -0.15) is 5.10 Å². The van der Waals surface area contributed by atoms with Crippen LogP contribution >= 0.6 is 11.3 Å². The van der Waals surface area contributed by atoms with Crippen molar-refractivity contribution in [3.63, 3.8) is 0 Å². The molecule has 2 aromatic rings. The second kappa shape index (κ2) is 6.67. The molecule has 21 heavy (non-hydrogen) atoms. The van der Waals surface area contributed by atoms with E-state index in [0.29, 0.717) is 12.5 Å². The highest BCUT2D eigenvalue weighted by Gasteiger charge is 2.10. The molecular weight excluding hydrogens is 284 g/mol. The van der Waals surface area contributed by atoms with Gasteiger partial charge in [-0.3, -0.25) is 9.48 Å². The first-order chi connectivity index (χ1) is 9.95. The zero-order valence-corrected chi connectivity index (χ0v) is 13.6. The van der Waals surface area contributed by atoms with E-state index in [9.17, 15) is 4.79 Å². The molecule has 0 saturated heterocycles. The summed E-state index contributed by atoms with van der Waals surface area (Å²) in [5.74, 6) is 0.383. The molecule has 0 unspecified atom stereocenters. The van der Waals surface area contributed by atoms with Crippen molar-refractivity contribution in [2.45, 2.75) is 26.3 Å². The van der Waals surface area contributed by atoms with Crippen LogP contribution in [0.4, 0.5) is 0 Å². The van der Waals surface area contributed by atoms with Crippen LogP contribution in [0.3, 0.4) is 0 Å². The first-order valence-electron chi connectivity index (χ1n) is 6.82. The molecule has 0 saturated carbocycles. The number of hydrogen-bond donors (Lipinski definition) is 0. The number of carbonyl (C=O) groups excluding carboxylic acids is 1. The summed E-state index contributed by atoms with van der Waals surface area (Å²) < 4.78 is 1.70. The van der Waals surface area contributed by atoms with E-state index >= 15 is 0 Å². The summed E-state index contributed by atoms with van der Waals surface area (Å²) in [6.07, 6.45) is 6.91. The molecule has 0 aliphatic rings. The molecule has 0 spiro atoms. The van der Waals surface area contributed by atoms with Crippen molar-refractivity contribution < 1.29 is 4.79 Å². The Kier molecular flexibility index (Phi) is 4.90. The Morgan fingerprint density at radius 3 is 2.86 bits per heavy atom. The van der Waals surface area contributed by atoms with Gasteiger partial charge in [0.25, 0.3) is 0 Å². The lowest BCUT2D eigenvalue weighted by Crippen LogP contribution is -2.24. The Morgan fingerprint density at radius 1 is 1.52 bits per heavy atom. The Labute approximate surface area is 128 Å². The van der Waals surface area contributed by atoms with E-state index < -0.39 is 0 Å². The molecule has 112 valence electrons. The minimum atomic E-state index is -0.0436. The van der Waals surface area contributed by atoms with Gasteiger partial charge >= 0.3 is 0 Å². The second-order valence-electron chi connectivity index (χ2n) is 5.31. The van der Waals surface area contributed by atoms with E-state index in [1.165, 1.54) is 0 Å². The van der Waals surface area contributed by atoms with Crippen LogP contribution in [-0.4, -0.2) is 32.6 Å². The minimum Gasteiger partial charge on any atom is -0.336 e. The summed E-state index contributed by atoms with van der Waals surface area (Å²) in [5, 5.41) is 7.18. The lowest BCUT2D eigenvalue weighted by atomic mass is 10.2. The number of carbonyl (C=O) groups is 1. The van der Waals surface area contributed by atoms with Crippen LogP contribution in [0, 0.1) is 0 Å². The lowest BCUT2D eigenvalue weighted by molar-refractivity contribution is -0.125. The molecule has 6 heteroatoms. The monoisotopic (exact) mass is 304 g/mol. The standard InChI is InChI=1S/C15H20N4OS/c1-11(2)15-17-13(10-21-15)9-18(3)14(20)6-5-12-7-16-19(4)8-12/h5-8,10-11H,9H2,1-4H3. The van der Waals surface area contributed by atoms with Crippen molar-refractivity contribution in [1.29, 1.82) is 0 Å². The van der Waals surface area contributed by atoms with Crippen molar-refractivity contribution in [2.75, 3.05) is 7.05 Å². The lowest BCUT2D eigenvalue weighted by Gasteiger charge is -2.13. The Balaban J connectivity index is 1.94. The predicted molar refractivity (Wildman–Crippen MR) is 84.9 cm³/mol. The largest absolute Gasteiger partial charge is 0.336 e. The van der Waals surface area contributed by atoms with Gasteiger partial charge in [0.2, 0.25) is 5.91 Å². The van der Waals surface area contributed by atoms with Crippen LogP contribution in [0.1, 0.15) is 36.0 Å². The molecule has 2 aromatic heterocycles. The van der Waals surface area contributed by atoms with Gasteiger partial charge in [0.15, 0.2) is 0 Å². The molecule has 5 nitrogen and oxygen atoms in total. The van der Waals surface area contributed by atoms with Gasteiger partial charge in [-0.25, -0.2) is 4.98 Å². The van der Waals surface area contributed by atoms with Gasteiger partial charge < -0.3 is 4.90 Å². The maximum absolute atomic E-state index is 12.1. The summed E-state index contributed by atoms with van der Waals surface area (Å²) in [7, 11) is 3.63. The van der Waals surface area contributed by atoms with Crippen LogP contribution in [-0.2, 0) is 18.4 Å². The van der Waals surface area contributed by atoms with Crippen molar-refractivity contribution in [2.24, 2.45) is 7.05 Å². The number of amides is 1. The highest BCUT2D eigenvalue weighted by Crippen LogP contribution is 2.19. The van der Waals surface area contributed by atoms with Crippen molar-refractivity contribution in [3.05, 3.63) is 40.1 Å². The number of aromatic nitrogens is 3. The Morgan fingerprint density at radius 2 is 2.29 bits per heavy atom. The molecule has 0 bridgehead atoms. The molecule has 0 radical (unpaired) electrons. The number of nitrogens with zero attached hydrogens (tertiary/aromatic N) is 4. The molecule has 0 fully saturated rings. The molecule has 0 aliphatic carbocycles. The summed E-state index contributed by atoms with van der Waals surface area (Å²) in [5.41, 5.74) is 1.85. The fourth-order valence-electron chi connectivity index (χ4n) is 1.80. The van der Waals surface area contributed by atoms with Crippen LogP contribution in [0.25, 0.3) is 6.08 Å². The highest BCUT2D eigenvalue weighted by atomic mass is 32.1. The highest BCUT2D eigenvalue weighted by molar-refractivity contribution is 7.09. The second-order valence-corrected chi connectivity index (χ2v) is 6.20. The third kappa shape index (κ3) is 4.26. The fraction of sp³-hybridized carbons (Fsp3) is 0.400. The topological polar surface area (TPSA) is 51.0 Å². The molecule has 0 atom stereocenters. The molecule has 2 heterocycles. The molecule has 0 aromatic carbocycles. The zero-order chi connectivity index (χ0) is 15.4. The summed E-state index contributed by atoms with van der Waals surface area (Å²) >= 11 is 1.65. The smallest absolute Gasteiger partial charge is 0.246 e. The minimum absolute atomic E-state index is 0.0436. The molecule has 1 amide bonds. The van der Waals surface area contributed by atoms with Crippen molar-refractivity contribution in [1.82, 2.24) is 19.7 Å². The average Bonchev–Trinajstić information content (AvgIpc) is 3.05. The average molecular weight is 304 g/mol. The fourth-order valence-corrected chi connectivity index (χ4v) is 2.63. The number of hydrogen-bond acceptors (Lipinski definition) is 4. The maximum Gasteiger partial charge on any atom is 0.246 e. The van der Waals surface area contributed by atoms with Crippen molar-refractivity contribution in [3.8, 4) is 0 Å². The predicted octanol–water partition coefficient (Wildman–Crippen LogP) is 2.67. The van der Waals surface area contributed by atoms with Crippen LogP contribution in [0.5, 0.6) is 0 Å². The Hall–Kier alpha value is -1.95. The van der Waals surface area contributed by atoms with E-state index in [1.54, 1.807) is 46.3 Å². The van der Waals surface area contributed by atoms with Crippen molar-refractivity contribution >= 4 is 23.3 Å². The third-order valence-electron chi connectivity index (χ3n) is 2.98. The van der Waals surface area contributed by atoms with Crippen LogP contribution < -0.4 is 0 Å². The first kappa shape index (κ1) is 15.4. The summed E-state index contributed by atoms with van der Waals surface area (Å²) in [4.78, 5) is 18.3. The van der Waals surface area contributed by atoms with E-state index in [0.717, 1.165) is 16.3 Å². The first-order valence-corrected chi connectivity index (χ1v) is 7.70. The number of thiazole rings is 1. The van der Waals surface area contributed by atoms with Crippen LogP contribution in [0.15, 0.2) is 23.8 Å². The quantitative estimate of drug-likeness (QED) is 0.798. The molecule has 0 aliphatic heterocycles. The van der Waals surface area contributed by atoms with E-state index in [1.807, 2.05) is 18.6 Å². The van der Waals surface area contributed by atoms with Gasteiger partial charge in [0.1, 0.15) is 0 Å². The Bertz CT molecular complexity index is 642. The van der Waals surface area contributed by atoms with E-state index in [4.69, 9.17) is 0 Å². The van der Waals surface area contributed by atoms with E-state index in [-0.39, 0.29) is 5.91 Å². The number of rotatable bonds is 5. The van der Waals surface area contributed by atoms with E-state index in [2.05, 4.69) is 23.9 Å². The maximum atomic E-state index is 12.1. The summed E-state index contributed by atoms with van der Waals surface area (Å²) in [6.45, 7) is 4.77. The van der Waals surface area contributed by atoms with Gasteiger partial charge in [-0.15, -0.1) is 11.3 Å². The van der Waals surface area contributed by atoms with Gasteiger partial charge in [-0.05, 0) is 6.08 Å². The number of aryl methyl sites for hydroxylation is 1.